The Hall–Kier alpha value is -1.76. The van der Waals surface area contributed by atoms with Crippen LogP contribution < -0.4 is 10.6 Å². The van der Waals surface area contributed by atoms with Gasteiger partial charge in [-0.15, -0.1) is 0 Å². The second-order valence-corrected chi connectivity index (χ2v) is 5.85. The first-order valence-corrected chi connectivity index (χ1v) is 8.17. The summed E-state index contributed by atoms with van der Waals surface area (Å²) in [6, 6.07) is 10.0. The third kappa shape index (κ3) is 6.03. The number of ether oxygens (including phenoxy) is 1. The van der Waals surface area contributed by atoms with Crippen molar-refractivity contribution in [3.05, 3.63) is 35.9 Å². The zero-order valence-corrected chi connectivity index (χ0v) is 13.8. The van der Waals surface area contributed by atoms with Crippen LogP contribution in [0.4, 0.5) is 13.2 Å². The molecule has 24 heavy (non-hydrogen) atoms. The van der Waals surface area contributed by atoms with Crippen molar-refractivity contribution in [3.8, 4) is 0 Å². The molecule has 4 nitrogen and oxygen atoms in total. The second-order valence-electron chi connectivity index (χ2n) is 5.85. The van der Waals surface area contributed by atoms with E-state index in [4.69, 9.17) is 4.74 Å². The van der Waals surface area contributed by atoms with E-state index < -0.39 is 12.6 Å². The minimum atomic E-state index is -4.17. The lowest BCUT2D eigenvalue weighted by atomic mass is 9.89. The average Bonchev–Trinajstić information content (AvgIpc) is 2.58. The van der Waals surface area contributed by atoms with Gasteiger partial charge in [0.1, 0.15) is 0 Å². The molecular weight excluding hydrogens is 319 g/mol. The summed E-state index contributed by atoms with van der Waals surface area (Å²) in [6.07, 6.45) is -3.06. The maximum atomic E-state index is 12.2. The predicted molar refractivity (Wildman–Crippen MR) is 87.9 cm³/mol. The van der Waals surface area contributed by atoms with Crippen molar-refractivity contribution in [3.63, 3.8) is 0 Å². The predicted octanol–water partition coefficient (Wildman–Crippen LogP) is 3.27. The van der Waals surface area contributed by atoms with Gasteiger partial charge in [-0.3, -0.25) is 4.99 Å². The molecule has 7 heteroatoms. The number of halogens is 3. The summed E-state index contributed by atoms with van der Waals surface area (Å²) < 4.78 is 42.5. The van der Waals surface area contributed by atoms with Crippen LogP contribution in [0, 0.1) is 5.92 Å². The van der Waals surface area contributed by atoms with Crippen LogP contribution in [0.2, 0.25) is 0 Å². The van der Waals surface area contributed by atoms with Gasteiger partial charge in [-0.25, -0.2) is 0 Å². The van der Waals surface area contributed by atoms with Crippen LogP contribution in [-0.2, 0) is 4.74 Å². The van der Waals surface area contributed by atoms with Gasteiger partial charge in [0.2, 0.25) is 0 Å². The largest absolute Gasteiger partial charge is 0.390 e. The van der Waals surface area contributed by atoms with Crippen molar-refractivity contribution in [2.45, 2.75) is 31.5 Å². The second kappa shape index (κ2) is 8.92. The number of alkyl halides is 3. The quantitative estimate of drug-likeness (QED) is 0.637. The maximum Gasteiger partial charge on any atom is 0.390 e. The minimum Gasteiger partial charge on any atom is -0.373 e. The normalized spacial score (nSPS) is 22.2. The number of benzene rings is 1. The molecule has 0 amide bonds. The van der Waals surface area contributed by atoms with E-state index in [1.165, 1.54) is 0 Å². The highest BCUT2D eigenvalue weighted by atomic mass is 19.4. The molecule has 1 aromatic rings. The number of nitrogens with zero attached hydrogens (tertiary/aromatic N) is 1. The van der Waals surface area contributed by atoms with E-state index in [2.05, 4.69) is 15.6 Å². The third-order valence-electron chi connectivity index (χ3n) is 4.03. The van der Waals surface area contributed by atoms with Crippen molar-refractivity contribution in [1.29, 1.82) is 0 Å². The summed E-state index contributed by atoms with van der Waals surface area (Å²) in [4.78, 5) is 3.98. The molecule has 0 aliphatic carbocycles. The van der Waals surface area contributed by atoms with Gasteiger partial charge >= 0.3 is 6.18 Å². The van der Waals surface area contributed by atoms with E-state index in [1.54, 1.807) is 7.05 Å². The smallest absolute Gasteiger partial charge is 0.373 e. The molecule has 0 saturated carbocycles. The van der Waals surface area contributed by atoms with E-state index in [0.29, 0.717) is 12.5 Å². The van der Waals surface area contributed by atoms with E-state index in [1.807, 2.05) is 30.3 Å². The van der Waals surface area contributed by atoms with E-state index in [0.717, 1.165) is 25.0 Å². The average molecular weight is 343 g/mol. The topological polar surface area (TPSA) is 45.7 Å². The fourth-order valence-electron chi connectivity index (χ4n) is 2.83. The Labute approximate surface area is 140 Å². The molecule has 0 radical (unpaired) electrons. The van der Waals surface area contributed by atoms with Crippen LogP contribution in [0.1, 0.15) is 30.9 Å². The maximum absolute atomic E-state index is 12.2. The fourth-order valence-corrected chi connectivity index (χ4v) is 2.83. The molecule has 1 aliphatic rings. The van der Waals surface area contributed by atoms with Gasteiger partial charge in [0.25, 0.3) is 0 Å². The lowest BCUT2D eigenvalue weighted by molar-refractivity contribution is -0.132. The number of rotatable bonds is 5. The number of nitrogens with one attached hydrogen (secondary N) is 2. The van der Waals surface area contributed by atoms with Crippen LogP contribution >= 0.6 is 0 Å². The highest BCUT2D eigenvalue weighted by Gasteiger charge is 2.28. The Balaban J connectivity index is 1.86. The van der Waals surface area contributed by atoms with E-state index in [9.17, 15) is 13.2 Å². The molecule has 0 bridgehead atoms. The standard InChI is InChI=1S/C17H24F3N3O/c1-21-16(22-10-9-17(18,19)20)23-12-14-8-5-11-24-15(14)13-6-3-2-4-7-13/h2-4,6-7,14-15H,5,8-12H2,1H3,(H2,21,22,23). The van der Waals surface area contributed by atoms with Crippen LogP contribution in [0.3, 0.4) is 0 Å². The van der Waals surface area contributed by atoms with Gasteiger partial charge in [0.15, 0.2) is 5.96 Å². The molecule has 1 saturated heterocycles. The highest BCUT2D eigenvalue weighted by molar-refractivity contribution is 5.79. The summed E-state index contributed by atoms with van der Waals surface area (Å²) in [5.41, 5.74) is 1.13. The van der Waals surface area contributed by atoms with Gasteiger partial charge in [-0.05, 0) is 18.4 Å². The molecule has 134 valence electrons. The third-order valence-corrected chi connectivity index (χ3v) is 4.03. The lowest BCUT2D eigenvalue weighted by Gasteiger charge is -2.32. The van der Waals surface area contributed by atoms with E-state index >= 15 is 0 Å². The zero-order chi connectivity index (χ0) is 17.4. The SMILES string of the molecule is CN=C(NCCC(F)(F)F)NCC1CCCOC1c1ccccc1. The molecule has 2 unspecified atom stereocenters. The summed E-state index contributed by atoms with van der Waals surface area (Å²) in [6.45, 7) is 1.15. The number of guanidine groups is 1. The number of hydrogen-bond donors (Lipinski definition) is 2. The summed E-state index contributed by atoms with van der Waals surface area (Å²) >= 11 is 0. The first-order valence-electron chi connectivity index (χ1n) is 8.17. The van der Waals surface area contributed by atoms with Crippen LogP contribution in [-0.4, -0.2) is 38.9 Å². The molecular formula is C17H24F3N3O. The first-order chi connectivity index (χ1) is 11.5. The molecule has 2 atom stereocenters. The van der Waals surface area contributed by atoms with Crippen molar-refractivity contribution in [2.75, 3.05) is 26.7 Å². The van der Waals surface area contributed by atoms with E-state index in [-0.39, 0.29) is 18.6 Å². The Morgan fingerprint density at radius 2 is 2.00 bits per heavy atom. The van der Waals surface area contributed by atoms with Crippen LogP contribution in [0.25, 0.3) is 0 Å². The lowest BCUT2D eigenvalue weighted by Crippen LogP contribution is -2.42. The van der Waals surface area contributed by atoms with Gasteiger partial charge in [0, 0.05) is 32.7 Å². The van der Waals surface area contributed by atoms with Crippen molar-refractivity contribution >= 4 is 5.96 Å². The molecule has 1 heterocycles. The molecule has 1 fully saturated rings. The monoisotopic (exact) mass is 343 g/mol. The Morgan fingerprint density at radius 1 is 1.25 bits per heavy atom. The first kappa shape index (κ1) is 18.6. The van der Waals surface area contributed by atoms with Crippen molar-refractivity contribution in [2.24, 2.45) is 10.9 Å². The van der Waals surface area contributed by atoms with Gasteiger partial charge in [0.05, 0.1) is 12.5 Å². The van der Waals surface area contributed by atoms with Gasteiger partial charge in [-0.1, -0.05) is 30.3 Å². The summed E-state index contributed by atoms with van der Waals surface area (Å²) in [5.74, 6) is 0.638. The van der Waals surface area contributed by atoms with Crippen molar-refractivity contribution in [1.82, 2.24) is 10.6 Å². The molecule has 2 N–H and O–H groups in total. The Bertz CT molecular complexity index is 520. The Morgan fingerprint density at radius 3 is 2.67 bits per heavy atom. The molecule has 0 aromatic heterocycles. The van der Waals surface area contributed by atoms with Crippen LogP contribution in [0.15, 0.2) is 35.3 Å². The van der Waals surface area contributed by atoms with Crippen LogP contribution in [0.5, 0.6) is 0 Å². The molecule has 1 aromatic carbocycles. The zero-order valence-electron chi connectivity index (χ0n) is 13.8. The Kier molecular flexibility index (Phi) is 6.90. The van der Waals surface area contributed by atoms with Gasteiger partial charge < -0.3 is 15.4 Å². The van der Waals surface area contributed by atoms with Crippen molar-refractivity contribution < 1.29 is 17.9 Å². The molecule has 0 spiro atoms. The fraction of sp³-hybridized carbons (Fsp3) is 0.588. The number of aliphatic imine (C=N–C) groups is 1. The number of hydrogen-bond acceptors (Lipinski definition) is 2. The summed E-state index contributed by atoms with van der Waals surface area (Å²) in [5, 5.41) is 5.81. The summed E-state index contributed by atoms with van der Waals surface area (Å²) in [7, 11) is 1.55. The molecule has 2 rings (SSSR count). The minimum absolute atomic E-state index is 0.000677. The highest BCUT2D eigenvalue weighted by Crippen LogP contribution is 2.33. The van der Waals surface area contributed by atoms with Gasteiger partial charge in [-0.2, -0.15) is 13.2 Å². The molecule has 1 aliphatic heterocycles.